The summed E-state index contributed by atoms with van der Waals surface area (Å²) in [7, 11) is 1.59. The van der Waals surface area contributed by atoms with Crippen molar-refractivity contribution in [2.45, 2.75) is 39.7 Å². The first-order valence-corrected chi connectivity index (χ1v) is 13.6. The summed E-state index contributed by atoms with van der Waals surface area (Å²) in [5.74, 6) is 2.49. The molecule has 1 unspecified atom stereocenters. The van der Waals surface area contributed by atoms with Crippen LogP contribution in [0.25, 0.3) is 0 Å². The van der Waals surface area contributed by atoms with E-state index in [9.17, 15) is 4.39 Å². The zero-order valence-electron chi connectivity index (χ0n) is 24.1. The van der Waals surface area contributed by atoms with Crippen molar-refractivity contribution in [1.29, 1.82) is 0 Å². The van der Waals surface area contributed by atoms with Crippen LogP contribution in [0, 0.1) is 0 Å². The van der Waals surface area contributed by atoms with Gasteiger partial charge in [-0.1, -0.05) is 26.1 Å². The normalized spacial score (nSPS) is 16.7. The molecule has 1 heterocycles. The zero-order valence-corrected chi connectivity index (χ0v) is 24.1. The number of rotatable bonds is 15. The second-order valence-corrected chi connectivity index (χ2v) is 9.67. The second-order valence-electron chi connectivity index (χ2n) is 9.67. The van der Waals surface area contributed by atoms with Crippen molar-refractivity contribution in [3.05, 3.63) is 96.4 Å². The van der Waals surface area contributed by atoms with Crippen LogP contribution in [0.15, 0.2) is 101 Å². The highest BCUT2D eigenvalue weighted by atomic mass is 19.1. The van der Waals surface area contributed by atoms with Crippen molar-refractivity contribution in [3.63, 3.8) is 0 Å². The van der Waals surface area contributed by atoms with Gasteiger partial charge in [0.1, 0.15) is 24.0 Å². The van der Waals surface area contributed by atoms with Gasteiger partial charge in [0.05, 0.1) is 13.3 Å². The molecule has 214 valence electrons. The molecule has 2 aromatic carbocycles. The molecule has 1 atom stereocenters. The van der Waals surface area contributed by atoms with Gasteiger partial charge in [0.2, 0.25) is 0 Å². The maximum Gasteiger partial charge on any atom is 0.175 e. The minimum atomic E-state index is -0.296. The lowest BCUT2D eigenvalue weighted by Crippen LogP contribution is -2.27. The second kappa shape index (κ2) is 15.5. The molecule has 0 bridgehead atoms. The monoisotopic (exact) mass is 547 g/mol. The molecular weight excluding hydrogens is 505 g/mol. The Morgan fingerprint density at radius 3 is 2.55 bits per heavy atom. The number of alkyl halides is 1. The molecule has 1 saturated heterocycles. The molecule has 0 radical (unpaired) electrons. The lowest BCUT2D eigenvalue weighted by Gasteiger charge is -2.17. The number of nitrogens with one attached hydrogen (secondary N) is 3. The van der Waals surface area contributed by atoms with E-state index in [-0.39, 0.29) is 6.67 Å². The summed E-state index contributed by atoms with van der Waals surface area (Å²) >= 11 is 0. The van der Waals surface area contributed by atoms with Crippen LogP contribution >= 0.6 is 0 Å². The summed E-state index contributed by atoms with van der Waals surface area (Å²) in [6.07, 6.45) is 5.18. The van der Waals surface area contributed by atoms with E-state index in [1.54, 1.807) is 19.4 Å². The largest absolute Gasteiger partial charge is 0.492 e. The highest BCUT2D eigenvalue weighted by Gasteiger charge is 2.21. The molecule has 0 aliphatic carbocycles. The summed E-state index contributed by atoms with van der Waals surface area (Å²) in [6, 6.07) is 16.1. The Kier molecular flexibility index (Phi) is 11.8. The molecule has 2 aromatic rings. The SMILES string of the molecule is C=CC(=C)Nc1cccc(O/C(C)=C(/C=N\C(Nc2ccc(NC3CCN(CCF)C3)cc2)=C(/C)CC)OC)c1. The van der Waals surface area contributed by atoms with Crippen molar-refractivity contribution >= 4 is 23.3 Å². The van der Waals surface area contributed by atoms with Crippen LogP contribution in [0.1, 0.15) is 33.6 Å². The molecular formula is C32H42FN5O2. The van der Waals surface area contributed by atoms with Crippen molar-refractivity contribution in [3.8, 4) is 5.75 Å². The highest BCUT2D eigenvalue weighted by Crippen LogP contribution is 2.23. The number of nitrogens with zero attached hydrogens (tertiary/aromatic N) is 2. The predicted octanol–water partition coefficient (Wildman–Crippen LogP) is 7.34. The third kappa shape index (κ3) is 9.31. The number of methoxy groups -OCH3 is 1. The number of likely N-dealkylation sites (tertiary alicyclic amines) is 1. The van der Waals surface area contributed by atoms with Crippen LogP contribution in [-0.2, 0) is 4.74 Å². The zero-order chi connectivity index (χ0) is 28.9. The first kappa shape index (κ1) is 30.5. The van der Waals surface area contributed by atoms with Crippen molar-refractivity contribution < 1.29 is 13.9 Å². The first-order chi connectivity index (χ1) is 19.3. The summed E-state index contributed by atoms with van der Waals surface area (Å²) < 4.78 is 24.3. The predicted molar refractivity (Wildman–Crippen MR) is 166 cm³/mol. The minimum absolute atomic E-state index is 0.296. The van der Waals surface area contributed by atoms with Gasteiger partial charge in [0.15, 0.2) is 5.76 Å². The lowest BCUT2D eigenvalue weighted by atomic mass is 10.2. The topological polar surface area (TPSA) is 70.2 Å². The summed E-state index contributed by atoms with van der Waals surface area (Å²) in [5, 5.41) is 10.2. The quantitative estimate of drug-likeness (QED) is 0.123. The van der Waals surface area contributed by atoms with Crippen LogP contribution in [0.5, 0.6) is 5.75 Å². The Balaban J connectivity index is 1.67. The smallest absolute Gasteiger partial charge is 0.175 e. The molecule has 0 amide bonds. The molecule has 0 spiro atoms. The third-order valence-corrected chi connectivity index (χ3v) is 6.66. The van der Waals surface area contributed by atoms with Gasteiger partial charge < -0.3 is 25.4 Å². The van der Waals surface area contributed by atoms with E-state index in [4.69, 9.17) is 14.5 Å². The van der Waals surface area contributed by atoms with E-state index in [2.05, 4.69) is 53.1 Å². The number of aliphatic imine (C=N–C) groups is 1. The van der Waals surface area contributed by atoms with Crippen LogP contribution in [0.4, 0.5) is 21.5 Å². The molecule has 1 aliphatic heterocycles. The van der Waals surface area contributed by atoms with Gasteiger partial charge in [0.25, 0.3) is 0 Å². The standard InChI is InChI=1S/C32H42FN5O2/c1-7-23(3)32(37-27-14-12-26(13-15-27)36-29-16-18-38(22-29)19-17-33)34-21-31(39-6)25(5)40-30-11-9-10-28(20-30)35-24(4)8-2/h8-15,20-21,29,35-37H,2,4,7,16-19,22H2,1,3,5-6H3/b31-25-,32-23-,34-21-. The summed E-state index contributed by atoms with van der Waals surface area (Å²) in [4.78, 5) is 6.87. The number of halogens is 1. The van der Waals surface area contributed by atoms with Crippen LogP contribution in [0.2, 0.25) is 0 Å². The highest BCUT2D eigenvalue weighted by molar-refractivity contribution is 5.78. The molecule has 3 N–H and O–H groups in total. The van der Waals surface area contributed by atoms with E-state index in [0.717, 1.165) is 54.4 Å². The number of ether oxygens (including phenoxy) is 2. The van der Waals surface area contributed by atoms with E-state index in [1.165, 1.54) is 0 Å². The molecule has 8 heteroatoms. The summed E-state index contributed by atoms with van der Waals surface area (Å²) in [5.41, 5.74) is 4.63. The molecule has 3 rings (SSSR count). The van der Waals surface area contributed by atoms with Crippen molar-refractivity contribution in [1.82, 2.24) is 4.90 Å². The van der Waals surface area contributed by atoms with Gasteiger partial charge in [0, 0.05) is 54.5 Å². The van der Waals surface area contributed by atoms with Gasteiger partial charge in [-0.3, -0.25) is 4.90 Å². The van der Waals surface area contributed by atoms with Gasteiger partial charge in [-0.15, -0.1) is 0 Å². The lowest BCUT2D eigenvalue weighted by molar-refractivity contribution is 0.284. The van der Waals surface area contributed by atoms with Crippen molar-refractivity contribution in [2.24, 2.45) is 4.99 Å². The molecule has 40 heavy (non-hydrogen) atoms. The minimum Gasteiger partial charge on any atom is -0.492 e. The molecule has 1 fully saturated rings. The number of hydrogen-bond donors (Lipinski definition) is 3. The van der Waals surface area contributed by atoms with Gasteiger partial charge >= 0.3 is 0 Å². The average Bonchev–Trinajstić information content (AvgIpc) is 3.40. The number of anilines is 3. The van der Waals surface area contributed by atoms with Crippen LogP contribution in [0.3, 0.4) is 0 Å². The third-order valence-electron chi connectivity index (χ3n) is 6.66. The molecule has 7 nitrogen and oxygen atoms in total. The van der Waals surface area contributed by atoms with Crippen molar-refractivity contribution in [2.75, 3.05) is 49.4 Å². The Hall–Kier alpha value is -4.04. The Morgan fingerprint density at radius 2 is 1.88 bits per heavy atom. The fourth-order valence-corrected chi connectivity index (χ4v) is 4.22. The molecule has 1 aliphatic rings. The summed E-state index contributed by atoms with van der Waals surface area (Å²) in [6.45, 7) is 15.6. The molecule has 0 aromatic heterocycles. The first-order valence-electron chi connectivity index (χ1n) is 13.6. The van der Waals surface area contributed by atoms with Crippen LogP contribution in [-0.4, -0.2) is 50.6 Å². The Morgan fingerprint density at radius 1 is 1.12 bits per heavy atom. The fraction of sp³-hybridized carbons (Fsp3) is 0.344. The number of benzene rings is 2. The van der Waals surface area contributed by atoms with Gasteiger partial charge in [-0.2, -0.15) is 0 Å². The molecule has 0 saturated carbocycles. The van der Waals surface area contributed by atoms with E-state index in [1.807, 2.05) is 50.2 Å². The van der Waals surface area contributed by atoms with Crippen LogP contribution < -0.4 is 20.7 Å². The maximum absolute atomic E-state index is 12.6. The fourth-order valence-electron chi connectivity index (χ4n) is 4.22. The number of hydrogen-bond acceptors (Lipinski definition) is 7. The number of allylic oxidation sites excluding steroid dienone is 4. The maximum atomic E-state index is 12.6. The van der Waals surface area contributed by atoms with Gasteiger partial charge in [-0.05, 0) is 74.7 Å². The van der Waals surface area contributed by atoms with Gasteiger partial charge in [-0.25, -0.2) is 9.38 Å². The van der Waals surface area contributed by atoms with E-state index < -0.39 is 0 Å². The average molecular weight is 548 g/mol. The Bertz CT molecular complexity index is 1240. The Labute approximate surface area is 238 Å². The van der Waals surface area contributed by atoms with E-state index in [0.29, 0.717) is 35.6 Å². The van der Waals surface area contributed by atoms with E-state index >= 15 is 0 Å².